The molecule has 0 saturated carbocycles. The smallest absolute Gasteiger partial charge is 0.143 e. The molecule has 0 atom stereocenters. The Kier molecular flexibility index (Phi) is 1.85. The number of benzene rings is 1. The zero-order chi connectivity index (χ0) is 9.26. The van der Waals surface area contributed by atoms with Crippen molar-refractivity contribution in [3.63, 3.8) is 0 Å². The molecule has 1 aromatic heterocycles. The van der Waals surface area contributed by atoms with Crippen LogP contribution in [0.15, 0.2) is 30.5 Å². The number of fused-ring (bicyclic) bond motifs is 1. The lowest BCUT2D eigenvalue weighted by Gasteiger charge is -2.05. The van der Waals surface area contributed by atoms with Crippen LogP contribution in [-0.4, -0.2) is 16.4 Å². The highest BCUT2D eigenvalue weighted by atomic mass is 16.7. The normalized spacial score (nSPS) is 10.5. The van der Waals surface area contributed by atoms with Crippen molar-refractivity contribution in [2.24, 2.45) is 0 Å². The van der Waals surface area contributed by atoms with Crippen LogP contribution in [0.1, 0.15) is 6.92 Å². The quantitative estimate of drug-likeness (QED) is 0.758. The molecule has 0 aliphatic carbocycles. The van der Waals surface area contributed by atoms with Gasteiger partial charge in [0.25, 0.3) is 0 Å². The summed E-state index contributed by atoms with van der Waals surface area (Å²) in [7, 11) is 0. The van der Waals surface area contributed by atoms with E-state index in [2.05, 4.69) is 0 Å². The number of aromatic nitrogens is 1. The van der Waals surface area contributed by atoms with E-state index in [1.165, 1.54) is 0 Å². The summed E-state index contributed by atoms with van der Waals surface area (Å²) >= 11 is 0. The van der Waals surface area contributed by atoms with E-state index in [0.29, 0.717) is 6.61 Å². The molecule has 0 bridgehead atoms. The third-order valence-corrected chi connectivity index (χ3v) is 1.92. The minimum Gasteiger partial charge on any atom is -0.506 e. The van der Waals surface area contributed by atoms with E-state index >= 15 is 0 Å². The summed E-state index contributed by atoms with van der Waals surface area (Å²) in [5.41, 5.74) is 0.726. The van der Waals surface area contributed by atoms with Crippen molar-refractivity contribution >= 4 is 10.9 Å². The molecule has 2 rings (SSSR count). The fraction of sp³-hybridized carbons (Fsp3) is 0.200. The van der Waals surface area contributed by atoms with Crippen LogP contribution in [0.25, 0.3) is 10.9 Å². The van der Waals surface area contributed by atoms with Gasteiger partial charge in [-0.3, -0.25) is 0 Å². The molecule has 3 nitrogen and oxygen atoms in total. The lowest BCUT2D eigenvalue weighted by molar-refractivity contribution is 0.131. The number of hydrogen-bond donors (Lipinski definition) is 1. The second kappa shape index (κ2) is 3.01. The minimum atomic E-state index is 0.246. The Balaban J connectivity index is 2.64. The number of phenols is 1. The molecule has 2 aromatic rings. The van der Waals surface area contributed by atoms with Crippen molar-refractivity contribution in [3.8, 4) is 5.75 Å². The topological polar surface area (TPSA) is 34.4 Å². The molecule has 1 N–H and O–H groups in total. The molecule has 0 fully saturated rings. The predicted molar refractivity (Wildman–Crippen MR) is 50.7 cm³/mol. The molecule has 0 aliphatic heterocycles. The molecule has 1 heterocycles. The first-order valence-electron chi connectivity index (χ1n) is 4.25. The molecule has 3 heteroatoms. The SMILES string of the molecule is CCOn1ccc2cccc(O)c21. The van der Waals surface area contributed by atoms with Gasteiger partial charge in [-0.15, -0.1) is 0 Å². The summed E-state index contributed by atoms with van der Waals surface area (Å²) in [6.45, 7) is 2.49. The monoisotopic (exact) mass is 177 g/mol. The number of nitrogens with zero attached hydrogens (tertiary/aromatic N) is 1. The van der Waals surface area contributed by atoms with Crippen molar-refractivity contribution in [2.45, 2.75) is 6.92 Å². The van der Waals surface area contributed by atoms with Crippen LogP contribution >= 0.6 is 0 Å². The number of para-hydroxylation sites is 1. The molecule has 0 unspecified atom stereocenters. The van der Waals surface area contributed by atoms with Crippen LogP contribution in [0.2, 0.25) is 0 Å². The van der Waals surface area contributed by atoms with Gasteiger partial charge in [-0.1, -0.05) is 12.1 Å². The molecular weight excluding hydrogens is 166 g/mol. The fourth-order valence-electron chi connectivity index (χ4n) is 1.39. The number of hydrogen-bond acceptors (Lipinski definition) is 2. The summed E-state index contributed by atoms with van der Waals surface area (Å²) < 4.78 is 1.59. The Hall–Kier alpha value is -1.64. The molecule has 0 radical (unpaired) electrons. The van der Waals surface area contributed by atoms with E-state index in [4.69, 9.17) is 4.84 Å². The maximum Gasteiger partial charge on any atom is 0.143 e. The van der Waals surface area contributed by atoms with Crippen LogP contribution in [0, 0.1) is 0 Å². The lowest BCUT2D eigenvalue weighted by atomic mass is 10.2. The first kappa shape index (κ1) is 7.98. The second-order valence-electron chi connectivity index (χ2n) is 2.77. The molecule has 0 aliphatic rings. The van der Waals surface area contributed by atoms with Gasteiger partial charge in [0, 0.05) is 11.6 Å². The molecule has 1 aromatic carbocycles. The van der Waals surface area contributed by atoms with Crippen LogP contribution in [0.3, 0.4) is 0 Å². The van der Waals surface area contributed by atoms with Crippen LogP contribution in [-0.2, 0) is 0 Å². The van der Waals surface area contributed by atoms with Crippen molar-refractivity contribution in [1.29, 1.82) is 0 Å². The number of aromatic hydroxyl groups is 1. The zero-order valence-corrected chi connectivity index (χ0v) is 7.40. The fourth-order valence-corrected chi connectivity index (χ4v) is 1.39. The van der Waals surface area contributed by atoms with Crippen molar-refractivity contribution in [2.75, 3.05) is 6.61 Å². The van der Waals surface area contributed by atoms with Crippen molar-refractivity contribution in [1.82, 2.24) is 4.73 Å². The predicted octanol–water partition coefficient (Wildman–Crippen LogP) is 1.80. The molecule has 0 saturated heterocycles. The van der Waals surface area contributed by atoms with Crippen molar-refractivity contribution in [3.05, 3.63) is 30.5 Å². The molecule has 13 heavy (non-hydrogen) atoms. The Bertz CT molecular complexity index is 420. The molecule has 68 valence electrons. The highest BCUT2D eigenvalue weighted by Crippen LogP contribution is 2.24. The Morgan fingerprint density at radius 3 is 3.00 bits per heavy atom. The Labute approximate surface area is 76.1 Å². The largest absolute Gasteiger partial charge is 0.506 e. The van der Waals surface area contributed by atoms with E-state index in [-0.39, 0.29) is 5.75 Å². The number of rotatable bonds is 2. The lowest BCUT2D eigenvalue weighted by Crippen LogP contribution is -2.08. The maximum absolute atomic E-state index is 9.57. The summed E-state index contributed by atoms with van der Waals surface area (Å²) in [5.74, 6) is 0.246. The average Bonchev–Trinajstić information content (AvgIpc) is 2.51. The average molecular weight is 177 g/mol. The summed E-state index contributed by atoms with van der Waals surface area (Å²) in [6, 6.07) is 7.31. The number of phenolic OH excluding ortho intramolecular Hbond substituents is 1. The standard InChI is InChI=1S/C10H11NO2/c1-2-13-11-7-6-8-4-3-5-9(12)10(8)11/h3-7,12H,2H2,1H3. The second-order valence-corrected chi connectivity index (χ2v) is 2.77. The molecule has 0 amide bonds. The summed E-state index contributed by atoms with van der Waals surface area (Å²) in [4.78, 5) is 5.30. The Morgan fingerprint density at radius 1 is 1.38 bits per heavy atom. The van der Waals surface area contributed by atoms with Crippen LogP contribution in [0.5, 0.6) is 5.75 Å². The van der Waals surface area contributed by atoms with Gasteiger partial charge in [-0.05, 0) is 19.1 Å². The van der Waals surface area contributed by atoms with Gasteiger partial charge in [0.15, 0.2) is 0 Å². The van der Waals surface area contributed by atoms with Gasteiger partial charge in [0.05, 0.1) is 0 Å². The van der Waals surface area contributed by atoms with Crippen LogP contribution < -0.4 is 4.84 Å². The van der Waals surface area contributed by atoms with Gasteiger partial charge in [-0.25, -0.2) is 0 Å². The van der Waals surface area contributed by atoms with Gasteiger partial charge in [-0.2, -0.15) is 4.73 Å². The van der Waals surface area contributed by atoms with Gasteiger partial charge >= 0.3 is 0 Å². The van der Waals surface area contributed by atoms with Gasteiger partial charge < -0.3 is 9.94 Å². The van der Waals surface area contributed by atoms with E-state index in [0.717, 1.165) is 10.9 Å². The highest BCUT2D eigenvalue weighted by Gasteiger charge is 2.04. The van der Waals surface area contributed by atoms with E-state index in [1.807, 2.05) is 25.1 Å². The summed E-state index contributed by atoms with van der Waals surface area (Å²) in [6.07, 6.45) is 1.80. The third-order valence-electron chi connectivity index (χ3n) is 1.92. The molecule has 0 spiro atoms. The first-order chi connectivity index (χ1) is 6.33. The van der Waals surface area contributed by atoms with E-state index in [1.54, 1.807) is 17.0 Å². The maximum atomic E-state index is 9.57. The van der Waals surface area contributed by atoms with E-state index in [9.17, 15) is 5.11 Å². The Morgan fingerprint density at radius 2 is 2.23 bits per heavy atom. The van der Waals surface area contributed by atoms with Crippen molar-refractivity contribution < 1.29 is 9.94 Å². The minimum absolute atomic E-state index is 0.246. The summed E-state index contributed by atoms with van der Waals surface area (Å²) in [5, 5.41) is 10.5. The zero-order valence-electron chi connectivity index (χ0n) is 7.40. The van der Waals surface area contributed by atoms with Gasteiger partial charge in [0.2, 0.25) is 0 Å². The highest BCUT2D eigenvalue weighted by molar-refractivity contribution is 5.85. The first-order valence-corrected chi connectivity index (χ1v) is 4.25. The van der Waals surface area contributed by atoms with Crippen LogP contribution in [0.4, 0.5) is 0 Å². The molecular formula is C10H11NO2. The third kappa shape index (κ3) is 1.22. The van der Waals surface area contributed by atoms with E-state index < -0.39 is 0 Å². The van der Waals surface area contributed by atoms with Gasteiger partial charge in [0.1, 0.15) is 17.9 Å².